The van der Waals surface area contributed by atoms with Crippen molar-refractivity contribution in [2.75, 3.05) is 12.3 Å². The Kier molecular flexibility index (Phi) is 10.5. The van der Waals surface area contributed by atoms with Gasteiger partial charge in [-0.05, 0) is 18.9 Å². The van der Waals surface area contributed by atoms with Crippen LogP contribution >= 0.6 is 0 Å². The Labute approximate surface area is 116 Å². The van der Waals surface area contributed by atoms with E-state index < -0.39 is 10.1 Å². The molecule has 0 unspecified atom stereocenters. The second-order valence-corrected chi connectivity index (χ2v) is 6.18. The van der Waals surface area contributed by atoms with E-state index in [1.165, 1.54) is 6.08 Å². The molecule has 19 heavy (non-hydrogen) atoms. The van der Waals surface area contributed by atoms with Gasteiger partial charge in [-0.3, -0.25) is 9.35 Å². The molecule has 0 aromatic rings. The average molecular weight is 291 g/mol. The van der Waals surface area contributed by atoms with Crippen molar-refractivity contribution < 1.29 is 17.8 Å². The summed E-state index contributed by atoms with van der Waals surface area (Å²) in [6.45, 7) is 4.07. The normalized spacial score (nSPS) is 11.2. The molecule has 0 aromatic heterocycles. The van der Waals surface area contributed by atoms with Gasteiger partial charge in [0.1, 0.15) is 0 Å². The van der Waals surface area contributed by atoms with Crippen molar-refractivity contribution in [1.82, 2.24) is 5.32 Å². The molecule has 112 valence electrons. The highest BCUT2D eigenvalue weighted by atomic mass is 32.2. The van der Waals surface area contributed by atoms with Gasteiger partial charge in [0, 0.05) is 6.54 Å². The van der Waals surface area contributed by atoms with Gasteiger partial charge >= 0.3 is 0 Å². The SMILES string of the molecule is C=CC(=O)NCCCCCCCCCCS(=O)(=O)O. The summed E-state index contributed by atoms with van der Waals surface area (Å²) >= 11 is 0. The lowest BCUT2D eigenvalue weighted by Gasteiger charge is -2.03. The summed E-state index contributed by atoms with van der Waals surface area (Å²) in [4.78, 5) is 10.8. The molecule has 2 N–H and O–H groups in total. The fraction of sp³-hybridized carbons (Fsp3) is 0.769. The van der Waals surface area contributed by atoms with Gasteiger partial charge in [0.15, 0.2) is 0 Å². The Morgan fingerprint density at radius 3 is 1.95 bits per heavy atom. The van der Waals surface area contributed by atoms with Crippen LogP contribution in [-0.4, -0.2) is 31.2 Å². The summed E-state index contributed by atoms with van der Waals surface area (Å²) in [5.41, 5.74) is 0. The van der Waals surface area contributed by atoms with E-state index in [2.05, 4.69) is 11.9 Å². The molecule has 0 bridgehead atoms. The Hall–Kier alpha value is -0.880. The van der Waals surface area contributed by atoms with Crippen LogP contribution in [0.15, 0.2) is 12.7 Å². The molecule has 6 heteroatoms. The van der Waals surface area contributed by atoms with E-state index in [-0.39, 0.29) is 11.7 Å². The molecule has 0 aliphatic rings. The van der Waals surface area contributed by atoms with Gasteiger partial charge in [-0.1, -0.05) is 45.1 Å². The number of unbranched alkanes of at least 4 members (excludes halogenated alkanes) is 7. The van der Waals surface area contributed by atoms with Gasteiger partial charge < -0.3 is 5.32 Å². The molecule has 0 spiro atoms. The van der Waals surface area contributed by atoms with Gasteiger partial charge in [0.05, 0.1) is 5.75 Å². The minimum absolute atomic E-state index is 0.126. The number of carbonyl (C=O) groups excluding carboxylic acids is 1. The first-order valence-electron chi connectivity index (χ1n) is 6.81. The maximum atomic E-state index is 10.8. The summed E-state index contributed by atoms with van der Waals surface area (Å²) in [6, 6.07) is 0. The van der Waals surface area contributed by atoms with Crippen LogP contribution < -0.4 is 5.32 Å². The zero-order valence-corrected chi connectivity index (χ0v) is 12.3. The van der Waals surface area contributed by atoms with Crippen molar-refractivity contribution in [1.29, 1.82) is 0 Å². The maximum Gasteiger partial charge on any atom is 0.264 e. The lowest BCUT2D eigenvalue weighted by molar-refractivity contribution is -0.116. The van der Waals surface area contributed by atoms with Crippen molar-refractivity contribution in [3.63, 3.8) is 0 Å². The highest BCUT2D eigenvalue weighted by Gasteiger charge is 2.02. The summed E-state index contributed by atoms with van der Waals surface area (Å²) in [5, 5.41) is 2.73. The van der Waals surface area contributed by atoms with Crippen LogP contribution in [-0.2, 0) is 14.9 Å². The van der Waals surface area contributed by atoms with Crippen molar-refractivity contribution in [2.24, 2.45) is 0 Å². The predicted octanol–water partition coefficient (Wildman–Crippen LogP) is 2.30. The second kappa shape index (κ2) is 11.0. The van der Waals surface area contributed by atoms with Gasteiger partial charge in [0.2, 0.25) is 5.91 Å². The summed E-state index contributed by atoms with van der Waals surface area (Å²) in [7, 11) is -3.78. The first-order valence-corrected chi connectivity index (χ1v) is 8.42. The van der Waals surface area contributed by atoms with E-state index in [0.29, 0.717) is 13.0 Å². The minimum Gasteiger partial charge on any atom is -0.353 e. The summed E-state index contributed by atoms with van der Waals surface area (Å²) in [6.07, 6.45) is 9.05. The average Bonchev–Trinajstić information content (AvgIpc) is 2.34. The second-order valence-electron chi connectivity index (χ2n) is 4.61. The van der Waals surface area contributed by atoms with E-state index in [1.807, 2.05) is 0 Å². The van der Waals surface area contributed by atoms with Crippen LogP contribution in [0.5, 0.6) is 0 Å². The molecule has 0 atom stereocenters. The van der Waals surface area contributed by atoms with Crippen molar-refractivity contribution in [3.05, 3.63) is 12.7 Å². The molecule has 0 heterocycles. The molecule has 0 radical (unpaired) electrons. The molecular weight excluding hydrogens is 266 g/mol. The molecule has 0 saturated carbocycles. The van der Waals surface area contributed by atoms with Gasteiger partial charge in [0.25, 0.3) is 10.1 Å². The third kappa shape index (κ3) is 15.1. The molecule has 5 nitrogen and oxygen atoms in total. The van der Waals surface area contributed by atoms with Crippen LogP contribution in [0, 0.1) is 0 Å². The quantitative estimate of drug-likeness (QED) is 0.328. The maximum absolute atomic E-state index is 10.8. The number of rotatable bonds is 12. The monoisotopic (exact) mass is 291 g/mol. The summed E-state index contributed by atoms with van der Waals surface area (Å²) in [5.74, 6) is -0.255. The Morgan fingerprint density at radius 1 is 1.00 bits per heavy atom. The van der Waals surface area contributed by atoms with Crippen molar-refractivity contribution >= 4 is 16.0 Å². The van der Waals surface area contributed by atoms with Crippen molar-refractivity contribution in [3.8, 4) is 0 Å². The third-order valence-electron chi connectivity index (χ3n) is 2.81. The lowest BCUT2D eigenvalue weighted by Crippen LogP contribution is -2.21. The van der Waals surface area contributed by atoms with Crippen LogP contribution in [0.4, 0.5) is 0 Å². The van der Waals surface area contributed by atoms with Gasteiger partial charge in [-0.25, -0.2) is 0 Å². The zero-order chi connectivity index (χ0) is 14.6. The Balaban J connectivity index is 3.15. The smallest absolute Gasteiger partial charge is 0.264 e. The molecule has 1 amide bonds. The lowest BCUT2D eigenvalue weighted by atomic mass is 10.1. The number of carbonyl (C=O) groups is 1. The van der Waals surface area contributed by atoms with Crippen molar-refractivity contribution in [2.45, 2.75) is 51.4 Å². The highest BCUT2D eigenvalue weighted by Crippen LogP contribution is 2.08. The first kappa shape index (κ1) is 18.1. The molecule has 0 aliphatic heterocycles. The highest BCUT2D eigenvalue weighted by molar-refractivity contribution is 7.85. The van der Waals surface area contributed by atoms with Crippen LogP contribution in [0.1, 0.15) is 51.4 Å². The largest absolute Gasteiger partial charge is 0.353 e. The van der Waals surface area contributed by atoms with E-state index in [4.69, 9.17) is 4.55 Å². The zero-order valence-electron chi connectivity index (χ0n) is 11.4. The molecule has 0 aliphatic carbocycles. The van der Waals surface area contributed by atoms with E-state index in [9.17, 15) is 13.2 Å². The number of nitrogens with one attached hydrogen (secondary N) is 1. The van der Waals surface area contributed by atoms with E-state index >= 15 is 0 Å². The molecular formula is C13H25NO4S. The summed E-state index contributed by atoms with van der Waals surface area (Å²) < 4.78 is 29.4. The number of hydrogen-bond donors (Lipinski definition) is 2. The van der Waals surface area contributed by atoms with Crippen LogP contribution in [0.3, 0.4) is 0 Å². The van der Waals surface area contributed by atoms with E-state index in [0.717, 1.165) is 44.9 Å². The fourth-order valence-corrected chi connectivity index (χ4v) is 2.32. The number of amides is 1. The minimum atomic E-state index is -3.78. The van der Waals surface area contributed by atoms with Gasteiger partial charge in [-0.2, -0.15) is 8.42 Å². The molecule has 0 saturated heterocycles. The van der Waals surface area contributed by atoms with Gasteiger partial charge in [-0.15, -0.1) is 0 Å². The third-order valence-corrected chi connectivity index (χ3v) is 3.62. The Morgan fingerprint density at radius 2 is 1.47 bits per heavy atom. The van der Waals surface area contributed by atoms with Crippen LogP contribution in [0.2, 0.25) is 0 Å². The topological polar surface area (TPSA) is 83.5 Å². The standard InChI is InChI=1S/C13H25NO4S/c1-2-13(15)14-11-9-7-5-3-4-6-8-10-12-19(16,17)18/h2H,1,3-12H2,(H,14,15)(H,16,17,18). The predicted molar refractivity (Wildman–Crippen MR) is 76.6 cm³/mol. The fourth-order valence-electron chi connectivity index (χ4n) is 1.75. The molecule has 0 aromatic carbocycles. The Bertz CT molecular complexity index is 352. The number of hydrogen-bond acceptors (Lipinski definition) is 3. The molecule has 0 fully saturated rings. The molecule has 0 rings (SSSR count). The van der Waals surface area contributed by atoms with Crippen LogP contribution in [0.25, 0.3) is 0 Å². The van der Waals surface area contributed by atoms with E-state index in [1.54, 1.807) is 0 Å². The first-order chi connectivity index (χ1) is 8.95.